The fraction of sp³-hybridized carbons (Fsp3) is 0.636. The molecule has 33 heavy (non-hydrogen) atoms. The predicted octanol–water partition coefficient (Wildman–Crippen LogP) is 2.20. The third-order valence-electron chi connectivity index (χ3n) is 5.94. The lowest BCUT2D eigenvalue weighted by Gasteiger charge is -2.21. The smallest absolute Gasteiger partial charge is 0.434 e. The molecule has 1 atom stereocenters. The Bertz CT molecular complexity index is 1210. The first kappa shape index (κ1) is 23.5. The molecule has 4 heterocycles. The molecule has 2 saturated heterocycles. The van der Waals surface area contributed by atoms with Crippen molar-refractivity contribution in [2.24, 2.45) is 10.4 Å². The number of nitrogens with zero attached hydrogens (tertiary/aromatic N) is 4. The van der Waals surface area contributed by atoms with Crippen LogP contribution in [0.5, 0.6) is 0 Å². The Labute approximate surface area is 195 Å². The lowest BCUT2D eigenvalue weighted by atomic mass is 9.97. The van der Waals surface area contributed by atoms with E-state index < -0.39 is 6.09 Å². The first-order valence-corrected chi connectivity index (χ1v) is 12.0. The molecule has 2 aliphatic rings. The van der Waals surface area contributed by atoms with Crippen molar-refractivity contribution in [3.8, 4) is 0 Å². The zero-order valence-corrected chi connectivity index (χ0v) is 20.3. The summed E-state index contributed by atoms with van der Waals surface area (Å²) < 4.78 is 8.86. The minimum absolute atomic E-state index is 0.0468. The molecule has 0 spiro atoms. The number of rotatable bonds is 5. The maximum Gasteiger partial charge on any atom is 0.434 e. The molecular weight excluding hydrogens is 446 g/mol. The third kappa shape index (κ3) is 4.84. The van der Waals surface area contributed by atoms with Gasteiger partial charge in [-0.05, 0) is 30.7 Å². The van der Waals surface area contributed by atoms with Crippen LogP contribution in [0.2, 0.25) is 0 Å². The minimum atomic E-state index is -1.26. The first-order valence-electron chi connectivity index (χ1n) is 11.2. The number of amides is 1. The van der Waals surface area contributed by atoms with Crippen LogP contribution in [0, 0.1) is 12.3 Å². The van der Waals surface area contributed by atoms with Crippen molar-refractivity contribution >= 4 is 33.6 Å². The number of carboxylic acid groups (broad SMARTS) is 1. The molecule has 2 aromatic heterocycles. The Hall–Kier alpha value is -2.66. The fourth-order valence-electron chi connectivity index (χ4n) is 4.41. The van der Waals surface area contributed by atoms with Gasteiger partial charge in [-0.2, -0.15) is 0 Å². The molecule has 2 aliphatic heterocycles. The molecule has 0 radical (unpaired) electrons. The molecule has 4 rings (SSSR count). The summed E-state index contributed by atoms with van der Waals surface area (Å²) in [6.07, 6.45) is 0.548. The Kier molecular flexibility index (Phi) is 6.37. The van der Waals surface area contributed by atoms with Crippen molar-refractivity contribution in [3.05, 3.63) is 31.3 Å². The lowest BCUT2D eigenvalue weighted by molar-refractivity contribution is 0.0964. The van der Waals surface area contributed by atoms with Gasteiger partial charge < -0.3 is 20.1 Å². The summed E-state index contributed by atoms with van der Waals surface area (Å²) in [4.78, 5) is 45.1. The standard InChI is InChI=1S/C22H31N5O5S/c1-13-15(11-25-8-7-23-19(25)24-20(29)30)33-18-16(13)17(28)27(12-22(2,3)4)21(31)26(18)10-14-6-5-9-32-14/h14H,5-12H2,1-4H3,(H,23,24)(H,29,30). The van der Waals surface area contributed by atoms with Gasteiger partial charge in [-0.1, -0.05) is 20.8 Å². The quantitative estimate of drug-likeness (QED) is 0.678. The zero-order valence-electron chi connectivity index (χ0n) is 19.5. The molecule has 10 nitrogen and oxygen atoms in total. The molecule has 1 unspecified atom stereocenters. The molecule has 0 aliphatic carbocycles. The number of hydrogen-bond donors (Lipinski definition) is 2. The average molecular weight is 478 g/mol. The number of nitrogens with one attached hydrogen (secondary N) is 1. The average Bonchev–Trinajstić information content (AvgIpc) is 3.44. The van der Waals surface area contributed by atoms with Crippen LogP contribution < -0.4 is 16.6 Å². The number of guanidine groups is 1. The molecule has 2 fully saturated rings. The number of thiophene rings is 1. The number of carbonyl (C=O) groups is 1. The monoisotopic (exact) mass is 477 g/mol. The molecule has 1 amide bonds. The second-order valence-corrected chi connectivity index (χ2v) is 11.0. The van der Waals surface area contributed by atoms with Gasteiger partial charge in [0.05, 0.1) is 24.6 Å². The van der Waals surface area contributed by atoms with E-state index in [1.54, 1.807) is 4.57 Å². The molecule has 0 aromatic carbocycles. The summed E-state index contributed by atoms with van der Waals surface area (Å²) in [6.45, 7) is 10.9. The van der Waals surface area contributed by atoms with Crippen LogP contribution in [0.1, 0.15) is 44.1 Å². The van der Waals surface area contributed by atoms with E-state index in [2.05, 4.69) is 10.3 Å². The van der Waals surface area contributed by atoms with Gasteiger partial charge in [0.15, 0.2) is 0 Å². The number of ether oxygens (including phenoxy) is 1. The first-order chi connectivity index (χ1) is 15.5. The van der Waals surface area contributed by atoms with E-state index in [0.29, 0.717) is 55.5 Å². The molecular formula is C22H31N5O5S. The minimum Gasteiger partial charge on any atom is -0.463 e. The maximum atomic E-state index is 13.5. The normalized spacial score (nSPS) is 20.2. The summed E-state index contributed by atoms with van der Waals surface area (Å²) in [5.41, 5.74) is 0.00800. The van der Waals surface area contributed by atoms with Crippen LogP contribution in [-0.4, -0.2) is 57.0 Å². The summed E-state index contributed by atoms with van der Waals surface area (Å²) in [5, 5.41) is 12.6. The van der Waals surface area contributed by atoms with Gasteiger partial charge in [0.1, 0.15) is 4.83 Å². The third-order valence-corrected chi connectivity index (χ3v) is 7.24. The van der Waals surface area contributed by atoms with Crippen LogP contribution >= 0.6 is 11.3 Å². The SMILES string of the molecule is Cc1c(CN2CCN/C2=N\C(=O)O)sc2c1c(=O)n(CC(C)(C)C)c(=O)n2CC1CCCO1. The van der Waals surface area contributed by atoms with Crippen molar-refractivity contribution in [2.75, 3.05) is 19.7 Å². The van der Waals surface area contributed by atoms with Crippen LogP contribution in [-0.2, 0) is 24.4 Å². The number of hydrogen-bond acceptors (Lipinski definition) is 5. The Morgan fingerprint density at radius 1 is 1.30 bits per heavy atom. The van der Waals surface area contributed by atoms with Crippen LogP contribution in [0.4, 0.5) is 4.79 Å². The molecule has 2 N–H and O–H groups in total. The summed E-state index contributed by atoms with van der Waals surface area (Å²) in [5.74, 6) is 0.307. The van der Waals surface area contributed by atoms with Gasteiger partial charge in [0.25, 0.3) is 5.56 Å². The Balaban J connectivity index is 1.83. The molecule has 2 aromatic rings. The predicted molar refractivity (Wildman–Crippen MR) is 127 cm³/mol. The van der Waals surface area contributed by atoms with Gasteiger partial charge in [0, 0.05) is 31.1 Å². The summed E-state index contributed by atoms with van der Waals surface area (Å²) >= 11 is 1.42. The van der Waals surface area contributed by atoms with Crippen LogP contribution in [0.3, 0.4) is 0 Å². The highest BCUT2D eigenvalue weighted by molar-refractivity contribution is 7.18. The van der Waals surface area contributed by atoms with Crippen molar-refractivity contribution < 1.29 is 14.6 Å². The van der Waals surface area contributed by atoms with Crippen LogP contribution in [0.25, 0.3) is 10.2 Å². The van der Waals surface area contributed by atoms with Gasteiger partial charge >= 0.3 is 11.8 Å². The largest absolute Gasteiger partial charge is 0.463 e. The van der Waals surface area contributed by atoms with Crippen molar-refractivity contribution in [1.29, 1.82) is 0 Å². The van der Waals surface area contributed by atoms with Gasteiger partial charge in [-0.15, -0.1) is 16.3 Å². The highest BCUT2D eigenvalue weighted by Gasteiger charge is 2.27. The molecule has 180 valence electrons. The van der Waals surface area contributed by atoms with E-state index in [4.69, 9.17) is 9.84 Å². The highest BCUT2D eigenvalue weighted by Crippen LogP contribution is 2.30. The second kappa shape index (κ2) is 8.94. The number of aromatic nitrogens is 2. The molecule has 0 saturated carbocycles. The maximum absolute atomic E-state index is 13.5. The topological polar surface area (TPSA) is 118 Å². The number of aryl methyl sites for hydroxylation is 1. The lowest BCUT2D eigenvalue weighted by Crippen LogP contribution is -2.43. The van der Waals surface area contributed by atoms with E-state index in [1.165, 1.54) is 15.9 Å². The van der Waals surface area contributed by atoms with E-state index in [9.17, 15) is 14.4 Å². The molecule has 0 bridgehead atoms. The van der Waals surface area contributed by atoms with Crippen molar-refractivity contribution in [2.45, 2.75) is 66.3 Å². The summed E-state index contributed by atoms with van der Waals surface area (Å²) in [7, 11) is 0. The van der Waals surface area contributed by atoms with E-state index in [0.717, 1.165) is 23.3 Å². The molecule has 11 heteroatoms. The Morgan fingerprint density at radius 3 is 2.70 bits per heavy atom. The highest BCUT2D eigenvalue weighted by atomic mass is 32.1. The van der Waals surface area contributed by atoms with E-state index in [1.807, 2.05) is 32.6 Å². The van der Waals surface area contributed by atoms with Crippen molar-refractivity contribution in [3.63, 3.8) is 0 Å². The zero-order chi connectivity index (χ0) is 23.9. The van der Waals surface area contributed by atoms with Gasteiger partial charge in [0.2, 0.25) is 5.96 Å². The van der Waals surface area contributed by atoms with E-state index >= 15 is 0 Å². The van der Waals surface area contributed by atoms with Crippen LogP contribution in [0.15, 0.2) is 14.6 Å². The second-order valence-electron chi connectivity index (χ2n) is 9.88. The number of aliphatic imine (C=N–C) groups is 1. The van der Waals surface area contributed by atoms with Crippen molar-refractivity contribution in [1.82, 2.24) is 19.4 Å². The van der Waals surface area contributed by atoms with E-state index in [-0.39, 0.29) is 22.8 Å². The Morgan fingerprint density at radius 2 is 2.06 bits per heavy atom. The summed E-state index contributed by atoms with van der Waals surface area (Å²) in [6, 6.07) is 0. The number of fused-ring (bicyclic) bond motifs is 1. The van der Waals surface area contributed by atoms with Gasteiger partial charge in [-0.3, -0.25) is 13.9 Å². The van der Waals surface area contributed by atoms with Gasteiger partial charge in [-0.25, -0.2) is 9.59 Å². The fourth-order valence-corrected chi connectivity index (χ4v) is 5.72.